The summed E-state index contributed by atoms with van der Waals surface area (Å²) in [5.74, 6) is -1.81. The lowest BCUT2D eigenvalue weighted by atomic mass is 9.98. The molecule has 1 aromatic rings. The molecule has 132 valence electrons. The molecule has 1 heterocycles. The molecular weight excluding hydrogens is 327 g/mol. The molecule has 0 spiro atoms. The summed E-state index contributed by atoms with van der Waals surface area (Å²) < 4.78 is 41.1. The summed E-state index contributed by atoms with van der Waals surface area (Å²) in [5.41, 5.74) is -1.00. The molecule has 2 rings (SSSR count). The zero-order valence-electron chi connectivity index (χ0n) is 13.1. The number of alkyl halides is 3. The Balaban J connectivity index is 2.06. The molecule has 1 saturated heterocycles. The smallest absolute Gasteiger partial charge is 0.480 e. The number of benzene rings is 1. The average molecular weight is 345 g/mol. The van der Waals surface area contributed by atoms with Gasteiger partial charge in [-0.3, -0.25) is 4.79 Å². The maximum absolute atomic E-state index is 12.4. The van der Waals surface area contributed by atoms with Gasteiger partial charge in [-0.2, -0.15) is 0 Å². The van der Waals surface area contributed by atoms with Crippen molar-refractivity contribution in [2.75, 3.05) is 6.54 Å². The molecule has 1 unspecified atom stereocenters. The Kier molecular flexibility index (Phi) is 5.05. The Hall–Kier alpha value is -2.25. The fourth-order valence-electron chi connectivity index (χ4n) is 2.90. The number of carboxylic acids is 1. The van der Waals surface area contributed by atoms with E-state index in [0.29, 0.717) is 19.4 Å². The molecule has 1 amide bonds. The minimum absolute atomic E-state index is 0.0390. The quantitative estimate of drug-likeness (QED) is 0.891. The van der Waals surface area contributed by atoms with Crippen LogP contribution in [0.25, 0.3) is 0 Å². The molecule has 1 aromatic carbocycles. The fourth-order valence-corrected chi connectivity index (χ4v) is 2.90. The lowest BCUT2D eigenvalue weighted by Gasteiger charge is -2.31. The van der Waals surface area contributed by atoms with E-state index >= 15 is 0 Å². The summed E-state index contributed by atoms with van der Waals surface area (Å²) >= 11 is 0. The van der Waals surface area contributed by atoms with Crippen molar-refractivity contribution in [3.63, 3.8) is 0 Å². The fraction of sp³-hybridized carbons (Fsp3) is 0.500. The number of carbonyl (C=O) groups excluding carboxylic acids is 1. The van der Waals surface area contributed by atoms with Crippen LogP contribution in [0.1, 0.15) is 31.7 Å². The van der Waals surface area contributed by atoms with E-state index in [0.717, 1.165) is 0 Å². The first-order valence-corrected chi connectivity index (χ1v) is 7.51. The Labute approximate surface area is 137 Å². The summed E-state index contributed by atoms with van der Waals surface area (Å²) in [5, 5.41) is 9.31. The second-order valence-electron chi connectivity index (χ2n) is 5.88. The van der Waals surface area contributed by atoms with Crippen molar-refractivity contribution in [3.05, 3.63) is 29.8 Å². The highest BCUT2D eigenvalue weighted by molar-refractivity contribution is 5.87. The van der Waals surface area contributed by atoms with E-state index in [2.05, 4.69) is 4.74 Å². The van der Waals surface area contributed by atoms with Crippen molar-refractivity contribution >= 4 is 11.9 Å². The number of amides is 1. The molecule has 24 heavy (non-hydrogen) atoms. The number of hydrogen-bond acceptors (Lipinski definition) is 3. The number of para-hydroxylation sites is 1. The van der Waals surface area contributed by atoms with E-state index in [9.17, 15) is 27.9 Å². The van der Waals surface area contributed by atoms with Gasteiger partial charge in [0.25, 0.3) is 0 Å². The number of aliphatic carboxylic acids is 1. The van der Waals surface area contributed by atoms with Crippen molar-refractivity contribution in [2.45, 2.75) is 44.5 Å². The topological polar surface area (TPSA) is 66.8 Å². The molecule has 1 atom stereocenters. The van der Waals surface area contributed by atoms with Gasteiger partial charge < -0.3 is 14.7 Å². The molecule has 1 N–H and O–H groups in total. The lowest BCUT2D eigenvalue weighted by Crippen LogP contribution is -2.50. The standard InChI is InChI=1S/C16H18F3NO4/c1-15(14(22)23)9-4-10-20(15)13(21)8-7-11-5-2-3-6-12(11)24-16(17,18)19/h2-3,5-6H,4,7-10H2,1H3,(H,22,23). The van der Waals surface area contributed by atoms with Gasteiger partial charge in [0.15, 0.2) is 0 Å². The van der Waals surface area contributed by atoms with Crippen LogP contribution in [0.4, 0.5) is 13.2 Å². The van der Waals surface area contributed by atoms with Crippen molar-refractivity contribution in [1.29, 1.82) is 0 Å². The number of halogens is 3. The van der Waals surface area contributed by atoms with Crippen LogP contribution < -0.4 is 4.74 Å². The van der Waals surface area contributed by atoms with Gasteiger partial charge >= 0.3 is 12.3 Å². The SMILES string of the molecule is CC1(C(=O)O)CCCN1C(=O)CCc1ccccc1OC(F)(F)F. The highest BCUT2D eigenvalue weighted by Crippen LogP contribution is 2.31. The second-order valence-corrected chi connectivity index (χ2v) is 5.88. The molecular formula is C16H18F3NO4. The maximum atomic E-state index is 12.4. The molecule has 0 aliphatic carbocycles. The number of aryl methyl sites for hydroxylation is 1. The molecule has 1 aliphatic rings. The summed E-state index contributed by atoms with van der Waals surface area (Å²) in [6, 6.07) is 5.61. The number of nitrogens with zero attached hydrogens (tertiary/aromatic N) is 1. The molecule has 1 aliphatic heterocycles. The van der Waals surface area contributed by atoms with Crippen LogP contribution in [-0.4, -0.2) is 40.3 Å². The normalized spacial score (nSPS) is 20.9. The maximum Gasteiger partial charge on any atom is 0.573 e. The van der Waals surface area contributed by atoms with Crippen molar-refractivity contribution in [3.8, 4) is 5.75 Å². The second kappa shape index (κ2) is 6.70. The van der Waals surface area contributed by atoms with Crippen LogP contribution in [0.3, 0.4) is 0 Å². The molecule has 0 saturated carbocycles. The van der Waals surface area contributed by atoms with Gasteiger partial charge in [0.1, 0.15) is 11.3 Å². The monoisotopic (exact) mass is 345 g/mol. The van der Waals surface area contributed by atoms with Gasteiger partial charge in [-0.25, -0.2) is 4.79 Å². The predicted octanol–water partition coefficient (Wildman–Crippen LogP) is 2.98. The first-order chi connectivity index (χ1) is 11.1. The van der Waals surface area contributed by atoms with Crippen LogP contribution in [0.5, 0.6) is 5.75 Å². The number of likely N-dealkylation sites (tertiary alicyclic amines) is 1. The Bertz CT molecular complexity index is 632. The van der Waals surface area contributed by atoms with Gasteiger partial charge in [0.05, 0.1) is 0 Å². The van der Waals surface area contributed by atoms with Crippen LogP contribution in [-0.2, 0) is 16.0 Å². The zero-order valence-corrected chi connectivity index (χ0v) is 13.1. The largest absolute Gasteiger partial charge is 0.573 e. The number of carbonyl (C=O) groups is 2. The zero-order chi connectivity index (χ0) is 18.0. The molecule has 0 bridgehead atoms. The van der Waals surface area contributed by atoms with E-state index in [1.54, 1.807) is 6.07 Å². The third kappa shape index (κ3) is 3.98. The van der Waals surface area contributed by atoms with Crippen LogP contribution in [0, 0.1) is 0 Å². The van der Waals surface area contributed by atoms with E-state index < -0.39 is 17.9 Å². The van der Waals surface area contributed by atoms with Crippen molar-refractivity contribution in [1.82, 2.24) is 4.90 Å². The van der Waals surface area contributed by atoms with E-state index in [1.165, 1.54) is 30.0 Å². The average Bonchev–Trinajstić information content (AvgIpc) is 2.88. The van der Waals surface area contributed by atoms with Crippen molar-refractivity contribution < 1.29 is 32.6 Å². The van der Waals surface area contributed by atoms with Gasteiger partial charge in [0, 0.05) is 13.0 Å². The molecule has 5 nitrogen and oxygen atoms in total. The highest BCUT2D eigenvalue weighted by Gasteiger charge is 2.45. The van der Waals surface area contributed by atoms with Gasteiger partial charge in [-0.05, 0) is 37.8 Å². The third-order valence-electron chi connectivity index (χ3n) is 4.21. The van der Waals surface area contributed by atoms with Crippen molar-refractivity contribution in [2.24, 2.45) is 0 Å². The predicted molar refractivity (Wildman–Crippen MR) is 78.4 cm³/mol. The van der Waals surface area contributed by atoms with Gasteiger partial charge in [-0.1, -0.05) is 18.2 Å². The van der Waals surface area contributed by atoms with Gasteiger partial charge in [0.2, 0.25) is 5.91 Å². The Morgan fingerprint density at radius 2 is 2.00 bits per heavy atom. The number of carboxylic acid groups (broad SMARTS) is 1. The van der Waals surface area contributed by atoms with E-state index in [4.69, 9.17) is 0 Å². The summed E-state index contributed by atoms with van der Waals surface area (Å²) in [6.07, 6.45) is -3.90. The molecule has 8 heteroatoms. The summed E-state index contributed by atoms with van der Waals surface area (Å²) in [6.45, 7) is 1.82. The lowest BCUT2D eigenvalue weighted by molar-refractivity contribution is -0.274. The van der Waals surface area contributed by atoms with Crippen LogP contribution >= 0.6 is 0 Å². The summed E-state index contributed by atoms with van der Waals surface area (Å²) in [7, 11) is 0. The number of hydrogen-bond donors (Lipinski definition) is 1. The number of ether oxygens (including phenoxy) is 1. The third-order valence-corrected chi connectivity index (χ3v) is 4.21. The summed E-state index contributed by atoms with van der Waals surface area (Å²) in [4.78, 5) is 25.0. The van der Waals surface area contributed by atoms with Crippen LogP contribution in [0.15, 0.2) is 24.3 Å². The van der Waals surface area contributed by atoms with E-state index in [-0.39, 0.29) is 30.1 Å². The number of rotatable bonds is 5. The first kappa shape index (κ1) is 18.1. The van der Waals surface area contributed by atoms with Gasteiger partial charge in [-0.15, -0.1) is 13.2 Å². The highest BCUT2D eigenvalue weighted by atomic mass is 19.4. The minimum Gasteiger partial charge on any atom is -0.480 e. The molecule has 0 aromatic heterocycles. The van der Waals surface area contributed by atoms with Crippen LogP contribution in [0.2, 0.25) is 0 Å². The minimum atomic E-state index is -4.81. The Morgan fingerprint density at radius 3 is 2.62 bits per heavy atom. The molecule has 1 fully saturated rings. The Morgan fingerprint density at radius 1 is 1.33 bits per heavy atom. The first-order valence-electron chi connectivity index (χ1n) is 7.51. The molecule has 0 radical (unpaired) electrons. The van der Waals surface area contributed by atoms with E-state index in [1.807, 2.05) is 0 Å².